The van der Waals surface area contributed by atoms with Gasteiger partial charge in [-0.3, -0.25) is 0 Å². The van der Waals surface area contributed by atoms with Gasteiger partial charge in [-0.15, -0.1) is 0 Å². The average Bonchev–Trinajstić information content (AvgIpc) is 2.35. The molecule has 1 unspecified atom stereocenters. The largest absolute Gasteiger partial charge is 0.316 e. The minimum Gasteiger partial charge on any atom is -0.316 e. The Bertz CT molecular complexity index is 477. The van der Waals surface area contributed by atoms with Gasteiger partial charge in [0.05, 0.1) is 5.25 Å². The molecule has 0 aliphatic rings. The van der Waals surface area contributed by atoms with Gasteiger partial charge in [-0.05, 0) is 25.1 Å². The van der Waals surface area contributed by atoms with Crippen LogP contribution in [0.5, 0.6) is 0 Å². The molecule has 0 bridgehead atoms. The number of nitrogens with one attached hydrogen (secondary N) is 2. The zero-order valence-electron chi connectivity index (χ0n) is 10.6. The van der Waals surface area contributed by atoms with Crippen LogP contribution in [0, 0.1) is 0 Å². The van der Waals surface area contributed by atoms with Crippen LogP contribution in [0.25, 0.3) is 0 Å². The second-order valence-corrected chi connectivity index (χ2v) is 6.67. The molecule has 18 heavy (non-hydrogen) atoms. The van der Waals surface area contributed by atoms with Gasteiger partial charge in [-0.25, -0.2) is 13.1 Å². The van der Waals surface area contributed by atoms with Gasteiger partial charge in [0.15, 0.2) is 0 Å². The van der Waals surface area contributed by atoms with E-state index in [9.17, 15) is 8.42 Å². The standard InChI is InChI=1S/C12H19ClN2O2S/c1-3-14-8-10(2)18(16,17)15-9-11-6-4-5-7-12(11)13/h4-7,10,14-15H,3,8-9H2,1-2H3. The van der Waals surface area contributed by atoms with Crippen LogP contribution in [0.2, 0.25) is 5.02 Å². The molecule has 0 spiro atoms. The van der Waals surface area contributed by atoms with Crippen LogP contribution in [0.15, 0.2) is 24.3 Å². The molecular weight excluding hydrogens is 272 g/mol. The maximum absolute atomic E-state index is 11.9. The maximum atomic E-state index is 11.9. The topological polar surface area (TPSA) is 58.2 Å². The van der Waals surface area contributed by atoms with Crippen LogP contribution >= 0.6 is 11.6 Å². The van der Waals surface area contributed by atoms with E-state index in [1.165, 1.54) is 0 Å². The van der Waals surface area contributed by atoms with Gasteiger partial charge in [-0.1, -0.05) is 36.7 Å². The van der Waals surface area contributed by atoms with Crippen molar-refractivity contribution >= 4 is 21.6 Å². The van der Waals surface area contributed by atoms with Crippen molar-refractivity contribution in [1.29, 1.82) is 0 Å². The summed E-state index contributed by atoms with van der Waals surface area (Å²) in [6, 6.07) is 7.19. The molecule has 6 heteroatoms. The normalized spacial score (nSPS) is 13.5. The van der Waals surface area contributed by atoms with Crippen molar-refractivity contribution in [2.75, 3.05) is 13.1 Å². The summed E-state index contributed by atoms with van der Waals surface area (Å²) >= 11 is 5.97. The third-order valence-electron chi connectivity index (χ3n) is 2.63. The maximum Gasteiger partial charge on any atom is 0.215 e. The summed E-state index contributed by atoms with van der Waals surface area (Å²) in [4.78, 5) is 0. The molecule has 0 radical (unpaired) electrons. The van der Waals surface area contributed by atoms with Crippen molar-refractivity contribution in [1.82, 2.24) is 10.0 Å². The lowest BCUT2D eigenvalue weighted by molar-refractivity contribution is 0.560. The monoisotopic (exact) mass is 290 g/mol. The Kier molecular flexibility index (Phi) is 6.08. The second-order valence-electron chi connectivity index (χ2n) is 4.08. The summed E-state index contributed by atoms with van der Waals surface area (Å²) in [5.74, 6) is 0. The third-order valence-corrected chi connectivity index (χ3v) is 4.77. The minimum atomic E-state index is -3.32. The predicted molar refractivity (Wildman–Crippen MR) is 75.2 cm³/mol. The Hall–Kier alpha value is -0.620. The van der Waals surface area contributed by atoms with E-state index in [-0.39, 0.29) is 6.54 Å². The number of sulfonamides is 1. The van der Waals surface area contributed by atoms with E-state index in [1.807, 2.05) is 19.1 Å². The third kappa shape index (κ3) is 4.57. The summed E-state index contributed by atoms with van der Waals surface area (Å²) < 4.78 is 26.4. The fourth-order valence-electron chi connectivity index (χ4n) is 1.42. The van der Waals surface area contributed by atoms with E-state index in [4.69, 9.17) is 11.6 Å². The molecule has 1 aromatic rings. The van der Waals surface area contributed by atoms with E-state index >= 15 is 0 Å². The van der Waals surface area contributed by atoms with Gasteiger partial charge in [0.25, 0.3) is 0 Å². The summed E-state index contributed by atoms with van der Waals surface area (Å²) in [7, 11) is -3.32. The number of halogens is 1. The smallest absolute Gasteiger partial charge is 0.215 e. The fraction of sp³-hybridized carbons (Fsp3) is 0.500. The lowest BCUT2D eigenvalue weighted by atomic mass is 10.2. The molecule has 0 heterocycles. The molecule has 102 valence electrons. The molecule has 1 aromatic carbocycles. The van der Waals surface area contributed by atoms with E-state index in [0.29, 0.717) is 11.6 Å². The van der Waals surface area contributed by atoms with Gasteiger partial charge < -0.3 is 5.32 Å². The van der Waals surface area contributed by atoms with Gasteiger partial charge in [0.1, 0.15) is 0 Å². The fourth-order valence-corrected chi connectivity index (χ4v) is 2.60. The quantitative estimate of drug-likeness (QED) is 0.804. The van der Waals surface area contributed by atoms with E-state index in [0.717, 1.165) is 12.1 Å². The van der Waals surface area contributed by atoms with Crippen LogP contribution in [0.4, 0.5) is 0 Å². The molecule has 2 N–H and O–H groups in total. The van der Waals surface area contributed by atoms with Gasteiger partial charge >= 0.3 is 0 Å². The lowest BCUT2D eigenvalue weighted by Gasteiger charge is -2.14. The Morgan fingerprint density at radius 1 is 1.33 bits per heavy atom. The highest BCUT2D eigenvalue weighted by molar-refractivity contribution is 7.90. The Labute approximate surface area is 114 Å². The number of rotatable bonds is 7. The molecule has 0 amide bonds. The van der Waals surface area contributed by atoms with E-state index in [2.05, 4.69) is 10.0 Å². The van der Waals surface area contributed by atoms with E-state index in [1.54, 1.807) is 19.1 Å². The molecule has 0 aliphatic heterocycles. The van der Waals surface area contributed by atoms with Crippen LogP contribution in [-0.4, -0.2) is 26.8 Å². The van der Waals surface area contributed by atoms with Crippen LogP contribution < -0.4 is 10.0 Å². The van der Waals surface area contributed by atoms with Gasteiger partial charge in [0, 0.05) is 18.1 Å². The van der Waals surface area contributed by atoms with Crippen molar-refractivity contribution in [3.8, 4) is 0 Å². The first-order valence-electron chi connectivity index (χ1n) is 5.90. The summed E-state index contributed by atoms with van der Waals surface area (Å²) in [5, 5.41) is 3.12. The Morgan fingerprint density at radius 2 is 2.00 bits per heavy atom. The van der Waals surface area contributed by atoms with E-state index < -0.39 is 15.3 Å². The Morgan fingerprint density at radius 3 is 2.61 bits per heavy atom. The SMILES string of the molecule is CCNCC(C)S(=O)(=O)NCc1ccccc1Cl. The zero-order valence-corrected chi connectivity index (χ0v) is 12.2. The number of hydrogen-bond acceptors (Lipinski definition) is 3. The molecule has 0 aromatic heterocycles. The van der Waals surface area contributed by atoms with Crippen LogP contribution in [-0.2, 0) is 16.6 Å². The molecule has 0 saturated heterocycles. The van der Waals surface area contributed by atoms with Gasteiger partial charge in [0.2, 0.25) is 10.0 Å². The molecule has 0 aliphatic carbocycles. The van der Waals surface area contributed by atoms with Crippen molar-refractivity contribution in [3.63, 3.8) is 0 Å². The first-order chi connectivity index (χ1) is 8.47. The first kappa shape index (κ1) is 15.4. The molecule has 1 rings (SSSR count). The van der Waals surface area contributed by atoms with Gasteiger partial charge in [-0.2, -0.15) is 0 Å². The molecule has 0 saturated carbocycles. The average molecular weight is 291 g/mol. The summed E-state index contributed by atoms with van der Waals surface area (Å²) in [5.41, 5.74) is 0.776. The highest BCUT2D eigenvalue weighted by Gasteiger charge is 2.19. The van der Waals surface area contributed by atoms with Crippen LogP contribution in [0.1, 0.15) is 19.4 Å². The minimum absolute atomic E-state index is 0.221. The molecule has 1 atom stereocenters. The van der Waals surface area contributed by atoms with Crippen molar-refractivity contribution in [2.45, 2.75) is 25.6 Å². The van der Waals surface area contributed by atoms with Crippen LogP contribution in [0.3, 0.4) is 0 Å². The van der Waals surface area contributed by atoms with Crippen molar-refractivity contribution in [3.05, 3.63) is 34.9 Å². The number of benzene rings is 1. The molecule has 4 nitrogen and oxygen atoms in total. The highest BCUT2D eigenvalue weighted by Crippen LogP contribution is 2.14. The number of hydrogen-bond donors (Lipinski definition) is 2. The summed E-state index contributed by atoms with van der Waals surface area (Å²) in [6.07, 6.45) is 0. The van der Waals surface area contributed by atoms with Crippen molar-refractivity contribution in [2.24, 2.45) is 0 Å². The molecule has 0 fully saturated rings. The highest BCUT2D eigenvalue weighted by atomic mass is 35.5. The zero-order chi connectivity index (χ0) is 13.6. The lowest BCUT2D eigenvalue weighted by Crippen LogP contribution is -2.38. The van der Waals surface area contributed by atoms with Crippen molar-refractivity contribution < 1.29 is 8.42 Å². The second kappa shape index (κ2) is 7.09. The first-order valence-corrected chi connectivity index (χ1v) is 7.82. The summed E-state index contributed by atoms with van der Waals surface area (Å²) in [6.45, 7) is 5.03. The molecular formula is C12H19ClN2O2S. The Balaban J connectivity index is 2.59. The predicted octanol–water partition coefficient (Wildman–Crippen LogP) is 1.76.